The monoisotopic (exact) mass is 616 g/mol. The number of aromatic nitrogens is 4. The quantitative estimate of drug-likeness (QED) is 0.372. The topological polar surface area (TPSA) is 102 Å². The summed E-state index contributed by atoms with van der Waals surface area (Å²) in [4.78, 5) is 18.7. The first-order chi connectivity index (χ1) is 21.1. The molecule has 4 fully saturated rings. The third-order valence-corrected chi connectivity index (χ3v) is 13.7. The molecule has 44 heavy (non-hydrogen) atoms. The highest BCUT2D eigenvalue weighted by atomic mass is 32.2. The number of hydrogen-bond acceptors (Lipinski definition) is 7. The fourth-order valence-electron chi connectivity index (χ4n) is 10.4. The molecule has 4 aliphatic carbocycles. The molecule has 5 aliphatic rings. The van der Waals surface area contributed by atoms with Gasteiger partial charge in [0, 0.05) is 25.7 Å². The van der Waals surface area contributed by atoms with Gasteiger partial charge in [-0.15, -0.1) is 0 Å². The van der Waals surface area contributed by atoms with Gasteiger partial charge in [-0.05, 0) is 98.3 Å². The lowest BCUT2D eigenvalue weighted by molar-refractivity contribution is -0.177. The molecule has 6 unspecified atom stereocenters. The number of hydrogen-bond donors (Lipinski definition) is 2. The van der Waals surface area contributed by atoms with Crippen molar-refractivity contribution in [2.45, 2.75) is 88.1 Å². The van der Waals surface area contributed by atoms with Crippen LogP contribution in [0.5, 0.6) is 0 Å². The summed E-state index contributed by atoms with van der Waals surface area (Å²) in [5.74, 6) is 0.621. The van der Waals surface area contributed by atoms with E-state index in [1.54, 1.807) is 0 Å². The zero-order chi connectivity index (χ0) is 30.4. The summed E-state index contributed by atoms with van der Waals surface area (Å²) in [7, 11) is 1.97. The number of thioether (sulfide) groups is 1. The highest BCUT2D eigenvalue weighted by Gasteiger charge is 2.68. The number of aliphatic hydroxyl groups excluding tert-OH is 1. The number of allylic oxidation sites excluding steroid dienone is 1. The van der Waals surface area contributed by atoms with E-state index in [0.29, 0.717) is 18.9 Å². The van der Waals surface area contributed by atoms with Gasteiger partial charge in [-0.3, -0.25) is 9.48 Å². The molecule has 1 saturated heterocycles. The standard InChI is InChI=1S/C35H44N4O4S/c1-33-17-21-19-36-39(23-11-14-43-15-12-23)28(21)16-22(33)8-9-24-25-10-13-35(42,34(25,2)18-29(40)31(24)33)30(41)20-44-32-37-26-6-4-5-7-27(26)38(32)3/h4-7,16,19,23-25,29,31,40,42H,8-15,17-18,20H2,1-3H3/t24?,25?,29?,31?,33?,34?,35-/m0/s1. The van der Waals surface area contributed by atoms with Crippen molar-refractivity contribution >= 4 is 34.7 Å². The van der Waals surface area contributed by atoms with E-state index in [-0.39, 0.29) is 34.7 Å². The van der Waals surface area contributed by atoms with Crippen molar-refractivity contribution in [3.05, 3.63) is 47.3 Å². The molecule has 9 heteroatoms. The van der Waals surface area contributed by atoms with Crippen LogP contribution in [0.2, 0.25) is 0 Å². The molecule has 0 radical (unpaired) electrons. The number of benzene rings is 1. The van der Waals surface area contributed by atoms with Gasteiger partial charge in [-0.2, -0.15) is 5.10 Å². The highest BCUT2D eigenvalue weighted by Crippen LogP contribution is 2.67. The Morgan fingerprint density at radius 2 is 1.95 bits per heavy atom. The van der Waals surface area contributed by atoms with E-state index in [1.807, 2.05) is 35.9 Å². The van der Waals surface area contributed by atoms with Crippen molar-refractivity contribution in [2.24, 2.45) is 35.6 Å². The van der Waals surface area contributed by atoms with E-state index in [1.165, 1.54) is 28.6 Å². The van der Waals surface area contributed by atoms with Gasteiger partial charge in [0.25, 0.3) is 0 Å². The maximum Gasteiger partial charge on any atom is 0.175 e. The number of carbonyl (C=O) groups is 1. The van der Waals surface area contributed by atoms with Gasteiger partial charge in [0.15, 0.2) is 10.9 Å². The smallest absolute Gasteiger partial charge is 0.175 e. The summed E-state index contributed by atoms with van der Waals surface area (Å²) in [6.07, 6.45) is 10.5. The number of para-hydroxylation sites is 2. The molecule has 2 aromatic heterocycles. The molecule has 8 rings (SSSR count). The predicted molar refractivity (Wildman–Crippen MR) is 170 cm³/mol. The molecule has 3 heterocycles. The van der Waals surface area contributed by atoms with Crippen LogP contribution in [0.1, 0.15) is 76.1 Å². The lowest BCUT2D eigenvalue weighted by Gasteiger charge is -2.60. The van der Waals surface area contributed by atoms with Gasteiger partial charge < -0.3 is 19.5 Å². The molecule has 0 bridgehead atoms. The molecule has 8 nitrogen and oxygen atoms in total. The lowest BCUT2D eigenvalue weighted by Crippen LogP contribution is -2.62. The van der Waals surface area contributed by atoms with Crippen molar-refractivity contribution in [1.29, 1.82) is 0 Å². The van der Waals surface area contributed by atoms with Crippen molar-refractivity contribution in [3.8, 4) is 0 Å². The van der Waals surface area contributed by atoms with Crippen LogP contribution in [0.25, 0.3) is 17.1 Å². The Balaban J connectivity index is 1.04. The third-order valence-electron chi connectivity index (χ3n) is 12.7. The van der Waals surface area contributed by atoms with Crippen molar-refractivity contribution in [2.75, 3.05) is 19.0 Å². The van der Waals surface area contributed by atoms with E-state index in [9.17, 15) is 15.0 Å². The maximum absolute atomic E-state index is 13.9. The molecule has 2 N–H and O–H groups in total. The third kappa shape index (κ3) is 4.04. The molecule has 0 spiro atoms. The molecule has 234 valence electrons. The summed E-state index contributed by atoms with van der Waals surface area (Å²) in [6.45, 7) is 6.02. The normalized spacial score (nSPS) is 36.8. The average molecular weight is 617 g/mol. The lowest BCUT2D eigenvalue weighted by atomic mass is 9.45. The van der Waals surface area contributed by atoms with Gasteiger partial charge in [-0.25, -0.2) is 4.98 Å². The number of nitrogens with zero attached hydrogens (tertiary/aromatic N) is 4. The van der Waals surface area contributed by atoms with Gasteiger partial charge in [0.1, 0.15) is 5.60 Å². The molecule has 3 aromatic rings. The molecular formula is C35H44N4O4S. The number of ketones is 1. The summed E-state index contributed by atoms with van der Waals surface area (Å²) in [6, 6.07) is 8.35. The van der Waals surface area contributed by atoms with Gasteiger partial charge in [-0.1, -0.05) is 43.3 Å². The summed E-state index contributed by atoms with van der Waals surface area (Å²) < 4.78 is 9.86. The minimum Gasteiger partial charge on any atom is -0.393 e. The fourth-order valence-corrected chi connectivity index (χ4v) is 11.3. The zero-order valence-electron chi connectivity index (χ0n) is 26.0. The van der Waals surface area contributed by atoms with Crippen LogP contribution in [0.3, 0.4) is 0 Å². The molecule has 3 saturated carbocycles. The zero-order valence-corrected chi connectivity index (χ0v) is 26.9. The Bertz CT molecular complexity index is 1660. The number of ether oxygens (including phenoxy) is 1. The largest absolute Gasteiger partial charge is 0.393 e. The van der Waals surface area contributed by atoms with Crippen LogP contribution in [0, 0.1) is 28.6 Å². The fraction of sp³-hybridized carbons (Fsp3) is 0.629. The van der Waals surface area contributed by atoms with Crippen molar-refractivity contribution in [3.63, 3.8) is 0 Å². The van der Waals surface area contributed by atoms with Gasteiger partial charge in [0.05, 0.1) is 40.8 Å². The van der Waals surface area contributed by atoms with Crippen LogP contribution in [0.15, 0.2) is 41.2 Å². The number of carbonyl (C=O) groups excluding carboxylic acids is 1. The minimum absolute atomic E-state index is 0.104. The first-order valence-corrected chi connectivity index (χ1v) is 17.5. The van der Waals surface area contributed by atoms with Gasteiger partial charge in [0.2, 0.25) is 0 Å². The molecular weight excluding hydrogens is 572 g/mol. The van der Waals surface area contributed by atoms with E-state index in [4.69, 9.17) is 14.8 Å². The second kappa shape index (κ2) is 10.3. The van der Waals surface area contributed by atoms with Crippen LogP contribution in [-0.2, 0) is 23.0 Å². The number of aliphatic hydroxyl groups is 2. The number of aryl methyl sites for hydroxylation is 1. The highest BCUT2D eigenvalue weighted by molar-refractivity contribution is 7.99. The number of Topliss-reactive ketones (excluding diaryl/α,β-unsaturated/α-hetero) is 1. The van der Waals surface area contributed by atoms with E-state index in [0.717, 1.165) is 67.9 Å². The first-order valence-electron chi connectivity index (χ1n) is 16.5. The molecule has 1 aliphatic heterocycles. The Labute approximate surface area is 263 Å². The van der Waals surface area contributed by atoms with Crippen LogP contribution in [-0.4, -0.2) is 66.0 Å². The van der Waals surface area contributed by atoms with Gasteiger partial charge >= 0.3 is 0 Å². The Morgan fingerprint density at radius 1 is 1.16 bits per heavy atom. The van der Waals surface area contributed by atoms with E-state index in [2.05, 4.69) is 30.8 Å². The van der Waals surface area contributed by atoms with Crippen molar-refractivity contribution in [1.82, 2.24) is 19.3 Å². The van der Waals surface area contributed by atoms with Crippen molar-refractivity contribution < 1.29 is 19.7 Å². The Hall–Kier alpha value is -2.46. The predicted octanol–water partition coefficient (Wildman–Crippen LogP) is 5.37. The van der Waals surface area contributed by atoms with E-state index < -0.39 is 17.1 Å². The molecule has 1 aromatic carbocycles. The summed E-state index contributed by atoms with van der Waals surface area (Å²) in [5, 5.41) is 29.9. The summed E-state index contributed by atoms with van der Waals surface area (Å²) >= 11 is 1.41. The second-order valence-electron chi connectivity index (χ2n) is 14.7. The van der Waals surface area contributed by atoms with E-state index >= 15 is 0 Å². The number of fused-ring (bicyclic) bond motifs is 7. The number of imidazole rings is 1. The second-order valence-corrected chi connectivity index (χ2v) is 15.6. The molecule has 0 amide bonds. The average Bonchev–Trinajstić information content (AvgIpc) is 3.66. The minimum atomic E-state index is -1.44. The maximum atomic E-state index is 13.9. The van der Waals surface area contributed by atoms with Crippen LogP contribution >= 0.6 is 11.8 Å². The molecule has 7 atom stereocenters. The summed E-state index contributed by atoms with van der Waals surface area (Å²) in [5.41, 5.74) is 3.65. The first kappa shape index (κ1) is 29.0. The van der Waals surface area contributed by atoms with Crippen LogP contribution < -0.4 is 0 Å². The Morgan fingerprint density at radius 3 is 2.75 bits per heavy atom. The Kier molecular flexibility index (Phi) is 6.77. The SMILES string of the molecule is Cn1c(SCC(=O)[C@@]2(O)CCC3C4CCC5=Cc6c(cnn6C6CCOCC6)CC5(C)C4C(O)CC32C)nc2ccccc21. The number of rotatable bonds is 5. The van der Waals surface area contributed by atoms with Crippen LogP contribution in [0.4, 0.5) is 0 Å².